The molecule has 4 heterocycles. The van der Waals surface area contributed by atoms with Crippen molar-refractivity contribution in [3.05, 3.63) is 30.1 Å². The molecule has 1 amide bonds. The third-order valence-corrected chi connectivity index (χ3v) is 6.12. The van der Waals surface area contributed by atoms with Gasteiger partial charge in [-0.3, -0.25) is 4.79 Å². The van der Waals surface area contributed by atoms with E-state index >= 15 is 0 Å². The molecule has 3 aromatic rings. The summed E-state index contributed by atoms with van der Waals surface area (Å²) in [4.78, 5) is 28.5. The number of carbonyl (C=O) groups is 1. The van der Waals surface area contributed by atoms with Crippen LogP contribution in [0.4, 0.5) is 5.82 Å². The minimum absolute atomic E-state index is 0.129. The Kier molecular flexibility index (Phi) is 6.19. The molecule has 29 heavy (non-hydrogen) atoms. The number of carbonyl (C=O) groups excluding carboxylic acids is 1. The standard InChI is InChI=1S/C19H23N7OS2/c1-28-18-13(6-5-7-21-18)17(27)20-8-11-26-16-14(12-22-26)15(23-19(24-16)29-2)25-9-3-4-10-25/h5-7,12H,3-4,8-11H2,1-2H3,(H,20,27). The molecule has 1 N–H and O–H groups in total. The van der Waals surface area contributed by atoms with Crippen molar-refractivity contribution >= 4 is 46.3 Å². The van der Waals surface area contributed by atoms with Gasteiger partial charge in [0.25, 0.3) is 5.91 Å². The molecular formula is C19H23N7OS2. The smallest absolute Gasteiger partial charge is 0.254 e. The molecule has 0 spiro atoms. The number of aromatic nitrogens is 5. The minimum Gasteiger partial charge on any atom is -0.356 e. The third-order valence-electron chi connectivity index (χ3n) is 4.86. The van der Waals surface area contributed by atoms with E-state index in [0.29, 0.717) is 18.7 Å². The largest absolute Gasteiger partial charge is 0.356 e. The van der Waals surface area contributed by atoms with Gasteiger partial charge in [-0.25, -0.2) is 19.6 Å². The first-order chi connectivity index (χ1) is 14.2. The van der Waals surface area contributed by atoms with E-state index in [9.17, 15) is 4.79 Å². The Balaban J connectivity index is 1.51. The van der Waals surface area contributed by atoms with Crippen molar-refractivity contribution in [2.24, 2.45) is 0 Å². The molecule has 0 saturated carbocycles. The van der Waals surface area contributed by atoms with Crippen molar-refractivity contribution in [2.45, 2.75) is 29.6 Å². The third kappa shape index (κ3) is 4.18. The normalized spacial score (nSPS) is 13.9. The molecule has 152 valence electrons. The summed E-state index contributed by atoms with van der Waals surface area (Å²) in [6, 6.07) is 3.56. The number of nitrogens with zero attached hydrogens (tertiary/aromatic N) is 6. The summed E-state index contributed by atoms with van der Waals surface area (Å²) in [6.45, 7) is 3.03. The van der Waals surface area contributed by atoms with E-state index in [0.717, 1.165) is 40.1 Å². The van der Waals surface area contributed by atoms with Crippen molar-refractivity contribution in [2.75, 3.05) is 37.0 Å². The van der Waals surface area contributed by atoms with E-state index < -0.39 is 0 Å². The molecule has 1 aliphatic heterocycles. The lowest BCUT2D eigenvalue weighted by atomic mass is 10.2. The average molecular weight is 430 g/mol. The maximum absolute atomic E-state index is 12.5. The van der Waals surface area contributed by atoms with Gasteiger partial charge in [-0.15, -0.1) is 11.8 Å². The molecule has 0 aliphatic carbocycles. The quantitative estimate of drug-likeness (QED) is 0.453. The zero-order valence-electron chi connectivity index (χ0n) is 16.5. The second-order valence-electron chi connectivity index (χ2n) is 6.65. The Labute approximate surface area is 177 Å². The topological polar surface area (TPSA) is 88.8 Å². The lowest BCUT2D eigenvalue weighted by Crippen LogP contribution is -2.28. The molecule has 8 nitrogen and oxygen atoms in total. The summed E-state index contributed by atoms with van der Waals surface area (Å²) in [5.74, 6) is 0.836. The van der Waals surface area contributed by atoms with E-state index in [-0.39, 0.29) is 5.91 Å². The SMILES string of the molecule is CSc1nc(N2CCCC2)c2cnn(CCNC(=O)c3cccnc3SC)c2n1. The maximum atomic E-state index is 12.5. The molecule has 0 atom stereocenters. The first-order valence-corrected chi connectivity index (χ1v) is 12.0. The van der Waals surface area contributed by atoms with E-state index in [1.165, 1.54) is 36.4 Å². The van der Waals surface area contributed by atoms with Crippen LogP contribution >= 0.6 is 23.5 Å². The Morgan fingerprint density at radius 1 is 1.21 bits per heavy atom. The summed E-state index contributed by atoms with van der Waals surface area (Å²) < 4.78 is 1.84. The lowest BCUT2D eigenvalue weighted by molar-refractivity contribution is 0.0948. The molecule has 1 fully saturated rings. The summed E-state index contributed by atoms with van der Waals surface area (Å²) in [7, 11) is 0. The van der Waals surface area contributed by atoms with Crippen molar-refractivity contribution in [1.82, 2.24) is 30.0 Å². The fourth-order valence-corrected chi connectivity index (χ4v) is 4.35. The highest BCUT2D eigenvalue weighted by molar-refractivity contribution is 7.98. The van der Waals surface area contributed by atoms with Crippen LogP contribution in [0.5, 0.6) is 0 Å². The monoisotopic (exact) mass is 429 g/mol. The first-order valence-electron chi connectivity index (χ1n) is 9.51. The van der Waals surface area contributed by atoms with Crippen LogP contribution in [0.1, 0.15) is 23.2 Å². The second-order valence-corrected chi connectivity index (χ2v) is 8.22. The van der Waals surface area contributed by atoms with Crippen LogP contribution in [0.15, 0.2) is 34.7 Å². The van der Waals surface area contributed by atoms with Crippen molar-refractivity contribution in [3.8, 4) is 0 Å². The summed E-state index contributed by atoms with van der Waals surface area (Å²) in [5, 5.41) is 9.91. The van der Waals surface area contributed by atoms with Crippen LogP contribution in [-0.4, -0.2) is 62.8 Å². The molecule has 0 bridgehead atoms. The van der Waals surface area contributed by atoms with E-state index in [1.54, 1.807) is 18.3 Å². The van der Waals surface area contributed by atoms with Gasteiger partial charge >= 0.3 is 0 Å². The Bertz CT molecular complexity index is 1020. The zero-order valence-corrected chi connectivity index (χ0v) is 18.1. The molecule has 0 unspecified atom stereocenters. The van der Waals surface area contributed by atoms with Gasteiger partial charge in [0.05, 0.1) is 23.7 Å². The van der Waals surface area contributed by atoms with Gasteiger partial charge in [0, 0.05) is 25.8 Å². The fraction of sp³-hybridized carbons (Fsp3) is 0.421. The number of hydrogen-bond donors (Lipinski definition) is 1. The van der Waals surface area contributed by atoms with Crippen LogP contribution < -0.4 is 10.2 Å². The number of thioether (sulfide) groups is 2. The zero-order chi connectivity index (χ0) is 20.2. The number of pyridine rings is 1. The fourth-order valence-electron chi connectivity index (χ4n) is 3.44. The predicted octanol–water partition coefficient (Wildman–Crippen LogP) is 2.70. The molecule has 4 rings (SSSR count). The lowest BCUT2D eigenvalue weighted by Gasteiger charge is -2.17. The summed E-state index contributed by atoms with van der Waals surface area (Å²) in [5.41, 5.74) is 1.40. The highest BCUT2D eigenvalue weighted by Gasteiger charge is 2.20. The molecule has 3 aromatic heterocycles. The van der Waals surface area contributed by atoms with Gasteiger partial charge < -0.3 is 10.2 Å². The number of nitrogens with one attached hydrogen (secondary N) is 1. The molecule has 0 radical (unpaired) electrons. The minimum atomic E-state index is -0.129. The van der Waals surface area contributed by atoms with Crippen molar-refractivity contribution in [3.63, 3.8) is 0 Å². The van der Waals surface area contributed by atoms with E-state index in [4.69, 9.17) is 4.98 Å². The Morgan fingerprint density at radius 3 is 2.79 bits per heavy atom. The van der Waals surface area contributed by atoms with Gasteiger partial charge in [-0.2, -0.15) is 5.10 Å². The number of amides is 1. The summed E-state index contributed by atoms with van der Waals surface area (Å²) >= 11 is 2.99. The Morgan fingerprint density at radius 2 is 2.03 bits per heavy atom. The predicted molar refractivity (Wildman–Crippen MR) is 117 cm³/mol. The first kappa shape index (κ1) is 20.0. The molecule has 1 aliphatic rings. The van der Waals surface area contributed by atoms with Crippen LogP contribution in [0, 0.1) is 0 Å². The molecular weight excluding hydrogens is 406 g/mol. The highest BCUT2D eigenvalue weighted by Crippen LogP contribution is 2.28. The number of fused-ring (bicyclic) bond motifs is 1. The maximum Gasteiger partial charge on any atom is 0.254 e. The molecule has 10 heteroatoms. The molecule has 0 aromatic carbocycles. The van der Waals surface area contributed by atoms with E-state index in [2.05, 4.69) is 25.3 Å². The van der Waals surface area contributed by atoms with Crippen molar-refractivity contribution < 1.29 is 4.79 Å². The van der Waals surface area contributed by atoms with Crippen molar-refractivity contribution in [1.29, 1.82) is 0 Å². The van der Waals surface area contributed by atoms with Gasteiger partial charge in [0.1, 0.15) is 10.8 Å². The van der Waals surface area contributed by atoms with Crippen LogP contribution in [0.25, 0.3) is 11.0 Å². The summed E-state index contributed by atoms with van der Waals surface area (Å²) in [6.07, 6.45) is 9.80. The Hall–Kier alpha value is -2.33. The highest BCUT2D eigenvalue weighted by atomic mass is 32.2. The van der Waals surface area contributed by atoms with Gasteiger partial charge in [0.2, 0.25) is 0 Å². The van der Waals surface area contributed by atoms with Gasteiger partial charge in [0.15, 0.2) is 10.8 Å². The van der Waals surface area contributed by atoms with Crippen LogP contribution in [0.3, 0.4) is 0 Å². The average Bonchev–Trinajstić information content (AvgIpc) is 3.43. The van der Waals surface area contributed by atoms with Crippen LogP contribution in [0.2, 0.25) is 0 Å². The number of anilines is 1. The van der Waals surface area contributed by atoms with Crippen LogP contribution in [-0.2, 0) is 6.54 Å². The second kappa shape index (κ2) is 9.00. The number of hydrogen-bond acceptors (Lipinski definition) is 8. The van der Waals surface area contributed by atoms with Gasteiger partial charge in [-0.05, 0) is 37.5 Å². The number of rotatable bonds is 7. The molecule has 1 saturated heterocycles. The van der Waals surface area contributed by atoms with E-state index in [1.807, 2.05) is 23.4 Å². The van der Waals surface area contributed by atoms with Gasteiger partial charge in [-0.1, -0.05) is 11.8 Å².